The van der Waals surface area contributed by atoms with Gasteiger partial charge in [0.2, 0.25) is 0 Å². The van der Waals surface area contributed by atoms with E-state index in [2.05, 4.69) is 105 Å². The largest absolute Gasteiger partial charge is 0.469 e. The van der Waals surface area contributed by atoms with Gasteiger partial charge in [-0.15, -0.1) is 0 Å². The van der Waals surface area contributed by atoms with Crippen LogP contribution in [0.1, 0.15) is 99.8 Å². The van der Waals surface area contributed by atoms with E-state index in [-0.39, 0.29) is 28.3 Å². The van der Waals surface area contributed by atoms with Crippen molar-refractivity contribution in [1.82, 2.24) is 0 Å². The van der Waals surface area contributed by atoms with Gasteiger partial charge in [0.05, 0.1) is 19.3 Å². The van der Waals surface area contributed by atoms with Crippen LogP contribution in [0.5, 0.6) is 0 Å². The van der Waals surface area contributed by atoms with Gasteiger partial charge in [0.1, 0.15) is 0 Å². The first-order chi connectivity index (χ1) is 18.4. The fraction of sp³-hybridized carbons (Fsp3) is 0.794. The molecule has 2 aliphatic carbocycles. The molecule has 0 radical (unpaired) electrons. The lowest BCUT2D eigenvalue weighted by Crippen LogP contribution is -2.45. The number of hydrogen-bond donors (Lipinski definition) is 0. The minimum absolute atomic E-state index is 0.147. The van der Waals surface area contributed by atoms with E-state index in [9.17, 15) is 4.79 Å². The van der Waals surface area contributed by atoms with Crippen LogP contribution in [0.25, 0.3) is 0 Å². The van der Waals surface area contributed by atoms with Gasteiger partial charge < -0.3 is 13.6 Å². The molecule has 2 rings (SSSR count). The van der Waals surface area contributed by atoms with E-state index < -0.39 is 16.6 Å². The minimum Gasteiger partial charge on any atom is -0.469 e. The first kappa shape index (κ1) is 35.2. The zero-order valence-corrected chi connectivity index (χ0v) is 30.1. The van der Waals surface area contributed by atoms with Crippen molar-refractivity contribution in [2.45, 2.75) is 148 Å². The highest BCUT2D eigenvalue weighted by Crippen LogP contribution is 2.51. The fourth-order valence-corrected chi connectivity index (χ4v) is 8.13. The number of methoxy groups -OCH3 is 1. The number of allylic oxidation sites excluding steroid dienone is 4. The lowest BCUT2D eigenvalue weighted by molar-refractivity contribution is -0.140. The Morgan fingerprint density at radius 1 is 1.05 bits per heavy atom. The van der Waals surface area contributed by atoms with Crippen molar-refractivity contribution in [3.05, 3.63) is 36.0 Å². The Kier molecular flexibility index (Phi) is 12.8. The highest BCUT2D eigenvalue weighted by Gasteiger charge is 2.48. The summed E-state index contributed by atoms with van der Waals surface area (Å²) in [6, 6.07) is 0. The monoisotopic (exact) mass is 590 g/mol. The van der Waals surface area contributed by atoms with Gasteiger partial charge in [-0.25, -0.2) is 0 Å². The van der Waals surface area contributed by atoms with Gasteiger partial charge in [-0.1, -0.05) is 104 Å². The second kappa shape index (κ2) is 14.5. The quantitative estimate of drug-likeness (QED) is 0.0874. The lowest BCUT2D eigenvalue weighted by Gasteiger charge is -2.40. The van der Waals surface area contributed by atoms with Crippen molar-refractivity contribution < 1.29 is 18.4 Å². The third-order valence-electron chi connectivity index (χ3n) is 10.1. The zero-order valence-electron chi connectivity index (χ0n) is 28.1. The smallest absolute Gasteiger partial charge is 0.305 e. The molecular weight excluding hydrogens is 529 g/mol. The molecule has 0 amide bonds. The highest BCUT2D eigenvalue weighted by atomic mass is 28.4. The molecule has 0 heterocycles. The summed E-state index contributed by atoms with van der Waals surface area (Å²) in [4.78, 5) is 11.5. The molecule has 2 aliphatic rings. The molecule has 0 aromatic carbocycles. The molecule has 0 aromatic heterocycles. The molecule has 1 fully saturated rings. The maximum Gasteiger partial charge on any atom is 0.305 e. The standard InChI is InChI=1S/C34H62O4Si2/c1-13-14-15-19-28(37-39(9,10)33(2,3)4)21-22-29-30-24-26(18-16-17-20-32(35)36-8)23-27(30)25-31(29)38-40(11,12)34(5,6)7/h16,18,21-23,27-31H,13-15,17,19-20,24-25H2,1-12H3/t27-,28-,29-,30-,31+/m0/s1. The predicted octanol–water partition coefficient (Wildman–Crippen LogP) is 10.00. The van der Waals surface area contributed by atoms with Crippen LogP contribution in [0, 0.1) is 17.8 Å². The topological polar surface area (TPSA) is 44.8 Å². The molecule has 0 N–H and O–H groups in total. The van der Waals surface area contributed by atoms with Crippen LogP contribution in [0.3, 0.4) is 0 Å². The summed E-state index contributed by atoms with van der Waals surface area (Å²) in [5.74, 6) is 1.36. The summed E-state index contributed by atoms with van der Waals surface area (Å²) >= 11 is 0. The molecule has 1 saturated carbocycles. The molecule has 0 aliphatic heterocycles. The molecule has 0 unspecified atom stereocenters. The first-order valence-electron chi connectivity index (χ1n) is 15.9. The van der Waals surface area contributed by atoms with Crippen LogP contribution in [0.4, 0.5) is 0 Å². The predicted molar refractivity (Wildman–Crippen MR) is 176 cm³/mol. The molecule has 4 nitrogen and oxygen atoms in total. The average molecular weight is 591 g/mol. The number of esters is 1. The third kappa shape index (κ3) is 9.81. The molecule has 0 saturated heterocycles. The maximum absolute atomic E-state index is 11.5. The summed E-state index contributed by atoms with van der Waals surface area (Å²) in [5, 5.41) is 0.386. The van der Waals surface area contributed by atoms with E-state index in [1.54, 1.807) is 0 Å². The summed E-state index contributed by atoms with van der Waals surface area (Å²) in [5.41, 5.74) is 1.40. The molecule has 6 heteroatoms. The van der Waals surface area contributed by atoms with Gasteiger partial charge in [0, 0.05) is 12.3 Å². The van der Waals surface area contributed by atoms with Crippen LogP contribution >= 0.6 is 0 Å². The van der Waals surface area contributed by atoms with Crippen molar-refractivity contribution in [2.24, 2.45) is 17.8 Å². The van der Waals surface area contributed by atoms with Crippen LogP contribution in [0.15, 0.2) is 36.0 Å². The Balaban J connectivity index is 2.28. The van der Waals surface area contributed by atoms with E-state index in [4.69, 9.17) is 13.6 Å². The Bertz CT molecular complexity index is 904. The third-order valence-corrected chi connectivity index (χ3v) is 19.1. The van der Waals surface area contributed by atoms with Crippen molar-refractivity contribution in [2.75, 3.05) is 7.11 Å². The highest BCUT2D eigenvalue weighted by molar-refractivity contribution is 6.74. The Hall–Kier alpha value is -0.956. The summed E-state index contributed by atoms with van der Waals surface area (Å²) in [7, 11) is -2.33. The number of ether oxygens (including phenoxy) is 1. The molecule has 230 valence electrons. The molecule has 5 atom stereocenters. The first-order valence-corrected chi connectivity index (χ1v) is 21.7. The second-order valence-electron chi connectivity index (χ2n) is 15.3. The Morgan fingerprint density at radius 3 is 2.27 bits per heavy atom. The van der Waals surface area contributed by atoms with Gasteiger partial charge in [0.25, 0.3) is 0 Å². The molecule has 0 spiro atoms. The number of carbonyl (C=O) groups is 1. The minimum atomic E-state index is -1.90. The number of carbonyl (C=O) groups excluding carboxylic acids is 1. The van der Waals surface area contributed by atoms with Gasteiger partial charge in [0.15, 0.2) is 16.6 Å². The van der Waals surface area contributed by atoms with Gasteiger partial charge >= 0.3 is 5.97 Å². The molecule has 0 bridgehead atoms. The van der Waals surface area contributed by atoms with Crippen LogP contribution in [-0.2, 0) is 18.4 Å². The van der Waals surface area contributed by atoms with Gasteiger partial charge in [-0.05, 0) is 73.8 Å². The van der Waals surface area contributed by atoms with Gasteiger partial charge in [-0.2, -0.15) is 0 Å². The summed E-state index contributed by atoms with van der Waals surface area (Å²) in [6.07, 6.45) is 20.3. The summed E-state index contributed by atoms with van der Waals surface area (Å²) in [6.45, 7) is 25.8. The van der Waals surface area contributed by atoms with Gasteiger partial charge in [-0.3, -0.25) is 4.79 Å². The Morgan fingerprint density at radius 2 is 1.70 bits per heavy atom. The van der Waals surface area contributed by atoms with Crippen molar-refractivity contribution in [1.29, 1.82) is 0 Å². The Labute approximate surface area is 249 Å². The van der Waals surface area contributed by atoms with Crippen molar-refractivity contribution >= 4 is 22.6 Å². The fourth-order valence-electron chi connectivity index (χ4n) is 5.46. The number of rotatable bonds is 14. The van der Waals surface area contributed by atoms with Crippen molar-refractivity contribution in [3.63, 3.8) is 0 Å². The number of hydrogen-bond acceptors (Lipinski definition) is 4. The summed E-state index contributed by atoms with van der Waals surface area (Å²) < 4.78 is 18.9. The van der Waals surface area contributed by atoms with Crippen LogP contribution in [-0.4, -0.2) is 41.9 Å². The molecular formula is C34H62O4Si2. The normalized spacial score (nSPS) is 25.1. The van der Waals surface area contributed by atoms with E-state index in [0.29, 0.717) is 24.2 Å². The lowest BCUT2D eigenvalue weighted by atomic mass is 9.89. The SMILES string of the molecule is CCCCC[C@@H](C=C[C@H]1[C@H]2CC(C=CCCC(=O)OC)=C[C@H]2C[C@H]1O[Si](C)(C)C(C)(C)C)O[Si](C)(C)C(C)(C)C. The zero-order chi connectivity index (χ0) is 30.4. The van der Waals surface area contributed by atoms with E-state index in [1.165, 1.54) is 31.9 Å². The average Bonchev–Trinajstić information content (AvgIpc) is 3.35. The maximum atomic E-state index is 11.5. The number of unbranched alkanes of at least 4 members (excludes halogenated alkanes) is 2. The van der Waals surface area contributed by atoms with E-state index in [0.717, 1.165) is 25.7 Å². The van der Waals surface area contributed by atoms with Crippen molar-refractivity contribution in [3.8, 4) is 0 Å². The van der Waals surface area contributed by atoms with E-state index >= 15 is 0 Å². The molecule has 40 heavy (non-hydrogen) atoms. The van der Waals surface area contributed by atoms with E-state index in [1.807, 2.05) is 0 Å². The molecule has 0 aromatic rings. The second-order valence-corrected chi connectivity index (χ2v) is 24.8. The van der Waals surface area contributed by atoms with Crippen LogP contribution in [0.2, 0.25) is 36.3 Å². The van der Waals surface area contributed by atoms with Crippen LogP contribution < -0.4 is 0 Å². The number of fused-ring (bicyclic) bond motifs is 1.